The summed E-state index contributed by atoms with van der Waals surface area (Å²) in [6.45, 7) is 0. The number of alkyl halides is 1. The molecule has 0 bridgehead atoms. The highest BCUT2D eigenvalue weighted by Gasteiger charge is 2.29. The van der Waals surface area contributed by atoms with E-state index in [0.29, 0.717) is 11.3 Å². The molecule has 0 radical (unpaired) electrons. The van der Waals surface area contributed by atoms with Crippen molar-refractivity contribution < 1.29 is 9.18 Å². The monoisotopic (exact) mass is 165 g/mol. The number of halogens is 1. The Bertz CT molecular complexity index is 348. The fraction of sp³-hybridized carbons (Fsp3) is 0.222. The minimum absolute atomic E-state index is 0.203. The number of hydrogen-bond donors (Lipinski definition) is 1. The zero-order valence-corrected chi connectivity index (χ0v) is 6.38. The standard InChI is InChI=1S/C9H8FNO/c10-8-3-5-1-2-6(11)4-7(5)9(8)12/h1-2,4,8H,3,11H2. The van der Waals surface area contributed by atoms with Gasteiger partial charge in [-0.15, -0.1) is 0 Å². The van der Waals surface area contributed by atoms with Crippen molar-refractivity contribution in [3.63, 3.8) is 0 Å². The fourth-order valence-electron chi connectivity index (χ4n) is 1.46. The molecule has 1 aliphatic rings. The van der Waals surface area contributed by atoms with E-state index in [2.05, 4.69) is 0 Å². The van der Waals surface area contributed by atoms with Gasteiger partial charge in [0.1, 0.15) is 0 Å². The summed E-state index contributed by atoms with van der Waals surface area (Å²) in [6.07, 6.45) is -1.16. The van der Waals surface area contributed by atoms with Gasteiger partial charge in [-0.05, 0) is 17.7 Å². The Morgan fingerprint density at radius 1 is 1.50 bits per heavy atom. The van der Waals surface area contributed by atoms with Gasteiger partial charge < -0.3 is 5.73 Å². The highest BCUT2D eigenvalue weighted by molar-refractivity contribution is 6.04. The average Bonchev–Trinajstić information content (AvgIpc) is 2.31. The first-order chi connectivity index (χ1) is 5.68. The van der Waals surface area contributed by atoms with Crippen LogP contribution >= 0.6 is 0 Å². The lowest BCUT2D eigenvalue weighted by molar-refractivity contribution is 0.0899. The Morgan fingerprint density at radius 3 is 3.00 bits per heavy atom. The van der Waals surface area contributed by atoms with Crippen LogP contribution in [0.15, 0.2) is 18.2 Å². The number of ketones is 1. The zero-order valence-electron chi connectivity index (χ0n) is 6.38. The second-order valence-corrected chi connectivity index (χ2v) is 2.95. The highest BCUT2D eigenvalue weighted by atomic mass is 19.1. The van der Waals surface area contributed by atoms with Crippen LogP contribution in [0.1, 0.15) is 15.9 Å². The molecule has 2 nitrogen and oxygen atoms in total. The summed E-state index contributed by atoms with van der Waals surface area (Å²) in [4.78, 5) is 11.1. The van der Waals surface area contributed by atoms with Crippen molar-refractivity contribution in [3.05, 3.63) is 29.3 Å². The predicted octanol–water partition coefficient (Wildman–Crippen LogP) is 1.35. The van der Waals surface area contributed by atoms with Crippen molar-refractivity contribution in [3.8, 4) is 0 Å². The lowest BCUT2D eigenvalue weighted by Gasteiger charge is -1.96. The third-order valence-corrected chi connectivity index (χ3v) is 2.08. The summed E-state index contributed by atoms with van der Waals surface area (Å²) < 4.78 is 12.9. The van der Waals surface area contributed by atoms with E-state index in [9.17, 15) is 9.18 Å². The van der Waals surface area contributed by atoms with Crippen LogP contribution < -0.4 is 5.73 Å². The molecule has 12 heavy (non-hydrogen) atoms. The number of Topliss-reactive ketones (excluding diaryl/α,β-unsaturated/α-hetero) is 1. The van der Waals surface area contributed by atoms with Crippen LogP contribution in [-0.2, 0) is 6.42 Å². The number of rotatable bonds is 0. The second kappa shape index (κ2) is 2.30. The molecule has 0 fully saturated rings. The quantitative estimate of drug-likeness (QED) is 0.589. The van der Waals surface area contributed by atoms with E-state index in [1.165, 1.54) is 6.07 Å². The van der Waals surface area contributed by atoms with Gasteiger partial charge in [0.15, 0.2) is 12.0 Å². The van der Waals surface area contributed by atoms with Gasteiger partial charge in [0.25, 0.3) is 0 Å². The molecule has 2 N–H and O–H groups in total. The number of hydrogen-bond acceptors (Lipinski definition) is 2. The normalized spacial score (nSPS) is 21.1. The van der Waals surface area contributed by atoms with Crippen molar-refractivity contribution >= 4 is 11.5 Å². The van der Waals surface area contributed by atoms with Gasteiger partial charge >= 0.3 is 0 Å². The molecule has 62 valence electrons. The van der Waals surface area contributed by atoms with Crippen LogP contribution in [0.2, 0.25) is 0 Å². The van der Waals surface area contributed by atoms with Gasteiger partial charge in [-0.25, -0.2) is 4.39 Å². The van der Waals surface area contributed by atoms with Crippen molar-refractivity contribution in [1.82, 2.24) is 0 Å². The van der Waals surface area contributed by atoms with E-state index in [-0.39, 0.29) is 6.42 Å². The number of carbonyl (C=O) groups excluding carboxylic acids is 1. The highest BCUT2D eigenvalue weighted by Crippen LogP contribution is 2.25. The van der Waals surface area contributed by atoms with Crippen molar-refractivity contribution in [1.29, 1.82) is 0 Å². The first kappa shape index (κ1) is 7.28. The first-order valence-electron chi connectivity index (χ1n) is 3.75. The van der Waals surface area contributed by atoms with E-state index < -0.39 is 12.0 Å². The summed E-state index contributed by atoms with van der Waals surface area (Å²) in [5.41, 5.74) is 7.19. The first-order valence-corrected chi connectivity index (χ1v) is 3.75. The van der Waals surface area contributed by atoms with Gasteiger partial charge in [0.05, 0.1) is 0 Å². The molecule has 0 aromatic heterocycles. The summed E-state index contributed by atoms with van der Waals surface area (Å²) in [6, 6.07) is 4.93. The van der Waals surface area contributed by atoms with Gasteiger partial charge in [-0.2, -0.15) is 0 Å². The molecule has 1 unspecified atom stereocenters. The minimum atomic E-state index is -1.36. The fourth-order valence-corrected chi connectivity index (χ4v) is 1.46. The second-order valence-electron chi connectivity index (χ2n) is 2.95. The molecule has 0 aliphatic heterocycles. The molecule has 1 atom stereocenters. The minimum Gasteiger partial charge on any atom is -0.399 e. The van der Waals surface area contributed by atoms with E-state index in [1.54, 1.807) is 12.1 Å². The number of benzene rings is 1. The maximum atomic E-state index is 12.9. The molecule has 0 heterocycles. The zero-order chi connectivity index (χ0) is 8.72. The van der Waals surface area contributed by atoms with Crippen molar-refractivity contribution in [2.24, 2.45) is 0 Å². The molecule has 3 heteroatoms. The molecular formula is C9H8FNO. The van der Waals surface area contributed by atoms with Gasteiger partial charge in [-0.1, -0.05) is 6.07 Å². The Hall–Kier alpha value is -1.38. The van der Waals surface area contributed by atoms with Crippen LogP contribution in [-0.4, -0.2) is 12.0 Å². The largest absolute Gasteiger partial charge is 0.399 e. The molecule has 1 aromatic carbocycles. The lowest BCUT2D eigenvalue weighted by Crippen LogP contribution is -2.08. The number of carbonyl (C=O) groups is 1. The van der Waals surface area contributed by atoms with Crippen LogP contribution in [0.25, 0.3) is 0 Å². The van der Waals surface area contributed by atoms with Gasteiger partial charge in [0, 0.05) is 17.7 Å². The van der Waals surface area contributed by atoms with Gasteiger partial charge in [-0.3, -0.25) is 4.79 Å². The smallest absolute Gasteiger partial charge is 0.197 e. The average molecular weight is 165 g/mol. The topological polar surface area (TPSA) is 43.1 Å². The predicted molar refractivity (Wildman–Crippen MR) is 43.8 cm³/mol. The van der Waals surface area contributed by atoms with Crippen LogP contribution in [0.3, 0.4) is 0 Å². The molecule has 1 aliphatic carbocycles. The van der Waals surface area contributed by atoms with Crippen molar-refractivity contribution in [2.45, 2.75) is 12.6 Å². The summed E-state index contributed by atoms with van der Waals surface area (Å²) in [5.74, 6) is -0.433. The van der Waals surface area contributed by atoms with Crippen LogP contribution in [0.5, 0.6) is 0 Å². The third-order valence-electron chi connectivity index (χ3n) is 2.08. The molecule has 0 amide bonds. The molecule has 0 saturated carbocycles. The Labute approximate surface area is 69.2 Å². The van der Waals surface area contributed by atoms with E-state index in [0.717, 1.165) is 5.56 Å². The summed E-state index contributed by atoms with van der Waals surface area (Å²) >= 11 is 0. The van der Waals surface area contributed by atoms with E-state index in [4.69, 9.17) is 5.73 Å². The Balaban J connectivity index is 2.56. The number of fused-ring (bicyclic) bond motifs is 1. The summed E-state index contributed by atoms with van der Waals surface area (Å²) in [5, 5.41) is 0. The molecule has 0 spiro atoms. The number of nitrogens with two attached hydrogens (primary N) is 1. The third kappa shape index (κ3) is 0.897. The molecule has 1 aromatic rings. The SMILES string of the molecule is Nc1ccc2c(c1)C(=O)C(F)C2. The lowest BCUT2D eigenvalue weighted by atomic mass is 10.1. The van der Waals surface area contributed by atoms with E-state index >= 15 is 0 Å². The maximum Gasteiger partial charge on any atom is 0.197 e. The van der Waals surface area contributed by atoms with Crippen LogP contribution in [0, 0.1) is 0 Å². The molecule has 2 rings (SSSR count). The van der Waals surface area contributed by atoms with Gasteiger partial charge in [0.2, 0.25) is 0 Å². The van der Waals surface area contributed by atoms with Crippen molar-refractivity contribution in [2.75, 3.05) is 5.73 Å². The van der Waals surface area contributed by atoms with Crippen LogP contribution in [0.4, 0.5) is 10.1 Å². The number of anilines is 1. The Morgan fingerprint density at radius 2 is 2.25 bits per heavy atom. The summed E-state index contributed by atoms with van der Waals surface area (Å²) in [7, 11) is 0. The van der Waals surface area contributed by atoms with E-state index in [1.807, 2.05) is 0 Å². The molecular weight excluding hydrogens is 157 g/mol. The molecule has 0 saturated heterocycles. The maximum absolute atomic E-state index is 12.9. The number of nitrogen functional groups attached to an aromatic ring is 1. The Kier molecular flexibility index (Phi) is 1.40.